The van der Waals surface area contributed by atoms with E-state index in [1.54, 1.807) is 18.2 Å². The SMILES string of the molecule is CC1CCN(C(=O)CC2COc3cc(Cl)ccc3NC2=O)CC1. The lowest BCUT2D eigenvalue weighted by molar-refractivity contribution is -0.136. The second-order valence-electron chi connectivity index (χ2n) is 6.41. The molecule has 0 aromatic heterocycles. The Labute approximate surface area is 140 Å². The van der Waals surface area contributed by atoms with Gasteiger partial charge in [-0.2, -0.15) is 0 Å². The van der Waals surface area contributed by atoms with Gasteiger partial charge >= 0.3 is 0 Å². The summed E-state index contributed by atoms with van der Waals surface area (Å²) >= 11 is 5.95. The summed E-state index contributed by atoms with van der Waals surface area (Å²) in [4.78, 5) is 26.6. The third-order valence-electron chi connectivity index (χ3n) is 4.57. The predicted molar refractivity (Wildman–Crippen MR) is 88.7 cm³/mol. The third-order valence-corrected chi connectivity index (χ3v) is 4.80. The lowest BCUT2D eigenvalue weighted by Gasteiger charge is -2.31. The van der Waals surface area contributed by atoms with Crippen molar-refractivity contribution in [2.75, 3.05) is 25.0 Å². The molecule has 2 aliphatic rings. The molecule has 23 heavy (non-hydrogen) atoms. The molecule has 0 radical (unpaired) electrons. The van der Waals surface area contributed by atoms with E-state index in [0.29, 0.717) is 22.4 Å². The fraction of sp³-hybridized carbons (Fsp3) is 0.529. The Morgan fingerprint density at radius 3 is 2.87 bits per heavy atom. The van der Waals surface area contributed by atoms with Gasteiger partial charge in [-0.05, 0) is 30.9 Å². The molecular weight excluding hydrogens is 316 g/mol. The van der Waals surface area contributed by atoms with Crippen molar-refractivity contribution in [3.63, 3.8) is 0 Å². The summed E-state index contributed by atoms with van der Waals surface area (Å²) in [5.74, 6) is 0.595. The van der Waals surface area contributed by atoms with Gasteiger partial charge in [0.25, 0.3) is 0 Å². The van der Waals surface area contributed by atoms with Gasteiger partial charge in [-0.1, -0.05) is 18.5 Å². The molecule has 3 rings (SSSR count). The van der Waals surface area contributed by atoms with Crippen LogP contribution in [0.1, 0.15) is 26.2 Å². The van der Waals surface area contributed by atoms with Gasteiger partial charge in [-0.15, -0.1) is 0 Å². The zero-order valence-corrected chi connectivity index (χ0v) is 13.9. The number of fused-ring (bicyclic) bond motifs is 1. The van der Waals surface area contributed by atoms with Gasteiger partial charge < -0.3 is 15.0 Å². The standard InChI is InChI=1S/C17H21ClN2O3/c1-11-4-6-20(7-5-11)16(21)8-12-10-23-15-9-13(18)2-3-14(15)19-17(12)22/h2-3,9,11-12H,4-8,10H2,1H3,(H,19,22). The summed E-state index contributed by atoms with van der Waals surface area (Å²) in [5.41, 5.74) is 0.598. The number of anilines is 1. The highest BCUT2D eigenvalue weighted by Crippen LogP contribution is 2.31. The zero-order valence-electron chi connectivity index (χ0n) is 13.2. The minimum atomic E-state index is -0.479. The van der Waals surface area contributed by atoms with E-state index in [4.69, 9.17) is 16.3 Å². The number of halogens is 1. The molecule has 6 heteroatoms. The van der Waals surface area contributed by atoms with Crippen LogP contribution >= 0.6 is 11.6 Å². The highest BCUT2D eigenvalue weighted by molar-refractivity contribution is 6.30. The number of carbonyl (C=O) groups excluding carboxylic acids is 2. The summed E-state index contributed by atoms with van der Waals surface area (Å²) in [6.45, 7) is 3.96. The van der Waals surface area contributed by atoms with Gasteiger partial charge in [0, 0.05) is 30.6 Å². The van der Waals surface area contributed by atoms with Gasteiger partial charge in [0.1, 0.15) is 12.4 Å². The van der Waals surface area contributed by atoms with E-state index in [9.17, 15) is 9.59 Å². The fourth-order valence-corrected chi connectivity index (χ4v) is 3.13. The Morgan fingerprint density at radius 1 is 1.39 bits per heavy atom. The summed E-state index contributed by atoms with van der Waals surface area (Å²) in [7, 11) is 0. The molecule has 5 nitrogen and oxygen atoms in total. The van der Waals surface area contributed by atoms with E-state index in [1.807, 2.05) is 4.90 Å². The largest absolute Gasteiger partial charge is 0.491 e. The van der Waals surface area contributed by atoms with Crippen LogP contribution < -0.4 is 10.1 Å². The predicted octanol–water partition coefficient (Wildman–Crippen LogP) is 2.94. The maximum Gasteiger partial charge on any atom is 0.231 e. The number of piperidine rings is 1. The number of ether oxygens (including phenoxy) is 1. The molecule has 1 aromatic rings. The molecule has 1 saturated heterocycles. The first-order chi connectivity index (χ1) is 11.0. The van der Waals surface area contributed by atoms with Crippen molar-refractivity contribution in [1.82, 2.24) is 4.90 Å². The molecule has 2 amide bonds. The van der Waals surface area contributed by atoms with Crippen molar-refractivity contribution in [3.8, 4) is 5.75 Å². The van der Waals surface area contributed by atoms with E-state index in [2.05, 4.69) is 12.2 Å². The first-order valence-electron chi connectivity index (χ1n) is 8.04. The molecule has 1 unspecified atom stereocenters. The maximum absolute atomic E-state index is 12.4. The van der Waals surface area contributed by atoms with Crippen LogP contribution in [-0.2, 0) is 9.59 Å². The number of hydrogen-bond donors (Lipinski definition) is 1. The van der Waals surface area contributed by atoms with Crippen molar-refractivity contribution in [2.45, 2.75) is 26.2 Å². The summed E-state index contributed by atoms with van der Waals surface area (Å²) in [6, 6.07) is 5.09. The Kier molecular flexibility index (Phi) is 4.76. The van der Waals surface area contributed by atoms with Crippen LogP contribution in [-0.4, -0.2) is 36.4 Å². The van der Waals surface area contributed by atoms with Gasteiger partial charge in [0.2, 0.25) is 11.8 Å². The molecule has 2 heterocycles. The highest BCUT2D eigenvalue weighted by atomic mass is 35.5. The number of likely N-dealkylation sites (tertiary alicyclic amines) is 1. The molecular formula is C17H21ClN2O3. The topological polar surface area (TPSA) is 58.6 Å². The van der Waals surface area contributed by atoms with Gasteiger partial charge in [0.15, 0.2) is 0 Å². The van der Waals surface area contributed by atoms with E-state index in [1.165, 1.54) is 0 Å². The Bertz CT molecular complexity index is 612. The van der Waals surface area contributed by atoms with Crippen LogP contribution in [0.2, 0.25) is 5.02 Å². The van der Waals surface area contributed by atoms with Gasteiger partial charge in [0.05, 0.1) is 11.6 Å². The van der Waals surface area contributed by atoms with E-state index >= 15 is 0 Å². The van der Waals surface area contributed by atoms with Crippen LogP contribution in [0.4, 0.5) is 5.69 Å². The number of amides is 2. The molecule has 0 saturated carbocycles. The Morgan fingerprint density at radius 2 is 2.13 bits per heavy atom. The van der Waals surface area contributed by atoms with Crippen LogP contribution in [0.5, 0.6) is 5.75 Å². The number of nitrogens with one attached hydrogen (secondary N) is 1. The lowest BCUT2D eigenvalue weighted by Crippen LogP contribution is -2.40. The lowest BCUT2D eigenvalue weighted by atomic mass is 9.98. The van der Waals surface area contributed by atoms with Crippen molar-refractivity contribution < 1.29 is 14.3 Å². The molecule has 0 spiro atoms. The van der Waals surface area contributed by atoms with Crippen LogP contribution in [0, 0.1) is 11.8 Å². The third kappa shape index (κ3) is 3.78. The van der Waals surface area contributed by atoms with Crippen molar-refractivity contribution in [2.24, 2.45) is 11.8 Å². The van der Waals surface area contributed by atoms with Gasteiger partial charge in [-0.3, -0.25) is 9.59 Å². The Hall–Kier alpha value is -1.75. The van der Waals surface area contributed by atoms with Gasteiger partial charge in [-0.25, -0.2) is 0 Å². The summed E-state index contributed by atoms with van der Waals surface area (Å²) in [6.07, 6.45) is 2.24. The molecule has 1 fully saturated rings. The quantitative estimate of drug-likeness (QED) is 0.903. The Balaban J connectivity index is 1.63. The monoisotopic (exact) mass is 336 g/mol. The number of carbonyl (C=O) groups is 2. The molecule has 1 aromatic carbocycles. The minimum Gasteiger partial charge on any atom is -0.491 e. The molecule has 124 valence electrons. The zero-order chi connectivity index (χ0) is 16.4. The molecule has 1 N–H and O–H groups in total. The smallest absolute Gasteiger partial charge is 0.231 e. The summed E-state index contributed by atoms with van der Waals surface area (Å²) < 4.78 is 5.68. The number of nitrogens with zero attached hydrogens (tertiary/aromatic N) is 1. The fourth-order valence-electron chi connectivity index (χ4n) is 2.97. The number of benzene rings is 1. The number of hydrogen-bond acceptors (Lipinski definition) is 3. The van der Waals surface area contributed by atoms with Crippen LogP contribution in [0.15, 0.2) is 18.2 Å². The molecule has 1 atom stereocenters. The van der Waals surface area contributed by atoms with Crippen LogP contribution in [0.25, 0.3) is 0 Å². The van der Waals surface area contributed by atoms with Crippen molar-refractivity contribution in [3.05, 3.63) is 23.2 Å². The average molecular weight is 337 g/mol. The molecule has 0 aliphatic carbocycles. The van der Waals surface area contributed by atoms with Crippen molar-refractivity contribution in [1.29, 1.82) is 0 Å². The second kappa shape index (κ2) is 6.79. The highest BCUT2D eigenvalue weighted by Gasteiger charge is 2.30. The normalized spacial score (nSPS) is 21.9. The second-order valence-corrected chi connectivity index (χ2v) is 6.84. The first kappa shape index (κ1) is 16.1. The minimum absolute atomic E-state index is 0.0321. The summed E-state index contributed by atoms with van der Waals surface area (Å²) in [5, 5.41) is 3.37. The molecule has 2 aliphatic heterocycles. The maximum atomic E-state index is 12.4. The van der Waals surface area contributed by atoms with Crippen molar-refractivity contribution >= 4 is 29.1 Å². The average Bonchev–Trinajstić information content (AvgIpc) is 2.67. The van der Waals surface area contributed by atoms with Crippen LogP contribution in [0.3, 0.4) is 0 Å². The number of rotatable bonds is 2. The first-order valence-corrected chi connectivity index (χ1v) is 8.41. The molecule has 0 bridgehead atoms. The van der Waals surface area contributed by atoms with E-state index in [-0.39, 0.29) is 24.8 Å². The van der Waals surface area contributed by atoms with E-state index in [0.717, 1.165) is 25.9 Å². The van der Waals surface area contributed by atoms with E-state index < -0.39 is 5.92 Å².